The van der Waals surface area contributed by atoms with E-state index < -0.39 is 16.0 Å². The summed E-state index contributed by atoms with van der Waals surface area (Å²) in [6.07, 6.45) is 7.38. The van der Waals surface area contributed by atoms with Gasteiger partial charge in [-0.1, -0.05) is 39.7 Å². The average Bonchev–Trinajstić information content (AvgIpc) is 2.63. The second kappa shape index (κ2) is 11.7. The second-order valence-electron chi connectivity index (χ2n) is 9.68. The highest BCUT2D eigenvalue weighted by atomic mass is 32.2. The minimum Gasteiger partial charge on any atom is -0.466 e. The largest absolute Gasteiger partial charge is 0.466 e. The van der Waals surface area contributed by atoms with E-state index >= 15 is 0 Å². The van der Waals surface area contributed by atoms with Crippen LogP contribution in [0.2, 0.25) is 6.82 Å². The van der Waals surface area contributed by atoms with Crippen LogP contribution in [-0.2, 0) is 24.2 Å². The molecular formula is C23H42BNO5S. The molecule has 178 valence electrons. The van der Waals surface area contributed by atoms with E-state index in [1.807, 2.05) is 6.82 Å². The molecule has 0 radical (unpaired) electrons. The Balaban J connectivity index is 2.89. The van der Waals surface area contributed by atoms with Crippen LogP contribution in [0.3, 0.4) is 0 Å². The fourth-order valence-corrected chi connectivity index (χ4v) is 6.08. The van der Waals surface area contributed by atoms with Gasteiger partial charge in [-0.05, 0) is 70.8 Å². The smallest absolute Gasteiger partial charge is 0.308 e. The summed E-state index contributed by atoms with van der Waals surface area (Å²) in [5, 5.41) is 0. The Morgan fingerprint density at radius 3 is 2.45 bits per heavy atom. The Morgan fingerprint density at radius 1 is 1.35 bits per heavy atom. The van der Waals surface area contributed by atoms with Crippen molar-refractivity contribution < 1.29 is 22.6 Å². The van der Waals surface area contributed by atoms with Gasteiger partial charge in [0, 0.05) is 18.0 Å². The zero-order valence-corrected chi connectivity index (χ0v) is 21.3. The Morgan fingerprint density at radius 2 is 2.00 bits per heavy atom. The van der Waals surface area contributed by atoms with Crippen LogP contribution >= 0.6 is 0 Å². The summed E-state index contributed by atoms with van der Waals surface area (Å²) < 4.78 is 39.9. The number of sulfonamides is 1. The molecule has 6 nitrogen and oxygen atoms in total. The van der Waals surface area contributed by atoms with Gasteiger partial charge in [-0.15, -0.1) is 0 Å². The van der Waals surface area contributed by atoms with Crippen LogP contribution in [0.5, 0.6) is 0 Å². The summed E-state index contributed by atoms with van der Waals surface area (Å²) in [6.45, 7) is 17.7. The van der Waals surface area contributed by atoms with Crippen molar-refractivity contribution in [3.05, 3.63) is 23.6 Å². The molecular weight excluding hydrogens is 413 g/mol. The maximum atomic E-state index is 12.8. The first kappa shape index (κ1) is 27.9. The van der Waals surface area contributed by atoms with Gasteiger partial charge in [-0.25, -0.2) is 13.1 Å². The van der Waals surface area contributed by atoms with Gasteiger partial charge in [0.2, 0.25) is 10.0 Å². The average molecular weight is 455 g/mol. The molecule has 31 heavy (non-hydrogen) atoms. The van der Waals surface area contributed by atoms with Crippen molar-refractivity contribution in [1.29, 1.82) is 0 Å². The number of carbonyl (C=O) groups is 1. The first-order valence-corrected chi connectivity index (χ1v) is 12.9. The number of esters is 1. The van der Waals surface area contributed by atoms with Crippen molar-refractivity contribution in [2.75, 3.05) is 6.61 Å². The summed E-state index contributed by atoms with van der Waals surface area (Å²) in [4.78, 5) is 11.8. The van der Waals surface area contributed by atoms with E-state index in [0.717, 1.165) is 6.42 Å². The van der Waals surface area contributed by atoms with E-state index in [0.29, 0.717) is 38.2 Å². The van der Waals surface area contributed by atoms with Crippen LogP contribution < -0.4 is 4.72 Å². The van der Waals surface area contributed by atoms with Crippen molar-refractivity contribution >= 4 is 22.9 Å². The lowest BCUT2D eigenvalue weighted by Gasteiger charge is -2.53. The lowest BCUT2D eigenvalue weighted by Crippen LogP contribution is -2.55. The topological polar surface area (TPSA) is 81.7 Å². The van der Waals surface area contributed by atoms with Crippen molar-refractivity contribution in [2.24, 2.45) is 11.3 Å². The van der Waals surface area contributed by atoms with Gasteiger partial charge < -0.3 is 9.39 Å². The third-order valence-electron chi connectivity index (χ3n) is 6.47. The van der Waals surface area contributed by atoms with Crippen LogP contribution in [-0.4, -0.2) is 39.5 Å². The highest BCUT2D eigenvalue weighted by molar-refractivity contribution is 7.93. The van der Waals surface area contributed by atoms with Gasteiger partial charge in [0.1, 0.15) is 0 Å². The molecule has 0 aromatic rings. The molecule has 1 rings (SSSR count). The van der Waals surface area contributed by atoms with Crippen LogP contribution in [0.1, 0.15) is 80.1 Å². The lowest BCUT2D eigenvalue weighted by molar-refractivity contribution is -0.143. The fourth-order valence-electron chi connectivity index (χ4n) is 4.70. The quantitative estimate of drug-likeness (QED) is 0.175. The van der Waals surface area contributed by atoms with Crippen molar-refractivity contribution in [2.45, 2.75) is 98.4 Å². The number of unbranched alkanes of at least 4 members (excludes halogenated alkanes) is 1. The first-order chi connectivity index (χ1) is 14.3. The minimum absolute atomic E-state index is 0.149. The zero-order valence-electron chi connectivity index (χ0n) is 20.5. The van der Waals surface area contributed by atoms with E-state index in [2.05, 4.69) is 39.0 Å². The molecule has 1 saturated carbocycles. The third kappa shape index (κ3) is 8.06. The first-order valence-electron chi connectivity index (χ1n) is 11.4. The number of hydrogen-bond acceptors (Lipinski definition) is 5. The predicted molar refractivity (Wildman–Crippen MR) is 128 cm³/mol. The number of rotatable bonds is 14. The highest BCUT2D eigenvalue weighted by Gasteiger charge is 2.49. The van der Waals surface area contributed by atoms with Gasteiger partial charge in [-0.2, -0.15) is 0 Å². The Bertz CT molecular complexity index is 745. The molecule has 0 spiro atoms. The minimum atomic E-state index is -3.70. The number of hydrogen-bond donors (Lipinski definition) is 1. The normalized spacial score (nSPS) is 20.0. The molecule has 0 saturated heterocycles. The molecule has 1 aliphatic carbocycles. The Hall–Kier alpha value is -1.12. The molecule has 8 heteroatoms. The summed E-state index contributed by atoms with van der Waals surface area (Å²) >= 11 is 0. The molecule has 1 fully saturated rings. The Labute approximate surface area is 190 Å². The van der Waals surface area contributed by atoms with Crippen molar-refractivity contribution in [1.82, 2.24) is 4.72 Å². The van der Waals surface area contributed by atoms with Crippen LogP contribution in [0.25, 0.3) is 0 Å². The van der Waals surface area contributed by atoms with Crippen LogP contribution in [0, 0.1) is 11.3 Å². The summed E-state index contributed by atoms with van der Waals surface area (Å²) in [6, 6.07) is 0. The summed E-state index contributed by atoms with van der Waals surface area (Å²) in [7, 11) is -3.70. The molecule has 1 N–H and O–H groups in total. The molecule has 0 heterocycles. The van der Waals surface area contributed by atoms with Crippen molar-refractivity contribution in [3.8, 4) is 0 Å². The molecule has 2 unspecified atom stereocenters. The SMILES string of the molecule is C=CC(=CC)S(=O)(=O)NC(CCCCC(=O)OCC)B(C)OC(C)(C)C1CCC1(C)C. The maximum absolute atomic E-state index is 12.8. The molecule has 0 aromatic heterocycles. The monoisotopic (exact) mass is 455 g/mol. The summed E-state index contributed by atoms with van der Waals surface area (Å²) in [5.41, 5.74) is -0.142. The van der Waals surface area contributed by atoms with Gasteiger partial charge >= 0.3 is 12.9 Å². The van der Waals surface area contributed by atoms with E-state index in [9.17, 15) is 13.2 Å². The number of nitrogens with one attached hydrogen (secondary N) is 1. The highest BCUT2D eigenvalue weighted by Crippen LogP contribution is 2.52. The Kier molecular flexibility index (Phi) is 10.5. The van der Waals surface area contributed by atoms with E-state index in [1.165, 1.54) is 18.6 Å². The van der Waals surface area contributed by atoms with Gasteiger partial charge in [-0.3, -0.25) is 4.79 Å². The van der Waals surface area contributed by atoms with E-state index in [4.69, 9.17) is 9.39 Å². The fraction of sp³-hybridized carbons (Fsp3) is 0.783. The second-order valence-corrected chi connectivity index (χ2v) is 11.4. The molecule has 1 aliphatic rings. The number of ether oxygens (including phenoxy) is 1. The number of carbonyl (C=O) groups excluding carboxylic acids is 1. The molecule has 0 bridgehead atoms. The summed E-state index contributed by atoms with van der Waals surface area (Å²) in [5.74, 6) is -0.215. The van der Waals surface area contributed by atoms with Crippen LogP contribution in [0.15, 0.2) is 23.6 Å². The third-order valence-corrected chi connectivity index (χ3v) is 8.11. The molecule has 2 atom stereocenters. The van der Waals surface area contributed by atoms with Crippen LogP contribution in [0.4, 0.5) is 0 Å². The van der Waals surface area contributed by atoms with Gasteiger partial charge in [0.05, 0.1) is 11.5 Å². The van der Waals surface area contributed by atoms with Gasteiger partial charge in [0.15, 0.2) is 0 Å². The molecule has 0 amide bonds. The maximum Gasteiger partial charge on any atom is 0.308 e. The predicted octanol–water partition coefficient (Wildman–Crippen LogP) is 4.88. The van der Waals surface area contributed by atoms with Crippen molar-refractivity contribution in [3.63, 3.8) is 0 Å². The zero-order chi connectivity index (χ0) is 23.9. The van der Waals surface area contributed by atoms with E-state index in [-0.39, 0.29) is 28.8 Å². The number of allylic oxidation sites excluding steroid dienone is 2. The van der Waals surface area contributed by atoms with Gasteiger partial charge in [0.25, 0.3) is 0 Å². The molecule has 0 aromatic carbocycles. The lowest BCUT2D eigenvalue weighted by atomic mass is 9.55. The van der Waals surface area contributed by atoms with E-state index in [1.54, 1.807) is 13.8 Å². The molecule has 0 aliphatic heterocycles. The standard InChI is InChI=1S/C23H42BNO5S/c1-9-18(10-2)31(27,28)25-20(14-12-13-15-21(26)29-11-3)24(8)30-23(6,7)19-16-17-22(19,4)5/h9-10,19-20,25H,1,11-17H2,2-8H3.